The smallest absolute Gasteiger partial charge is 0.250 e. The van der Waals surface area contributed by atoms with Gasteiger partial charge in [-0.05, 0) is 40.2 Å². The van der Waals surface area contributed by atoms with Crippen molar-refractivity contribution in [1.82, 2.24) is 0 Å². The van der Waals surface area contributed by atoms with Crippen LogP contribution in [0.15, 0.2) is 34.1 Å². The van der Waals surface area contributed by atoms with Crippen molar-refractivity contribution in [2.75, 3.05) is 17.7 Å². The van der Waals surface area contributed by atoms with Crippen LogP contribution in [-0.4, -0.2) is 13.0 Å². The maximum atomic E-state index is 11.5. The fourth-order valence-electron chi connectivity index (χ4n) is 1.84. The first-order valence-electron chi connectivity index (χ1n) is 5.60. The van der Waals surface area contributed by atoms with Crippen molar-refractivity contribution in [3.8, 4) is 0 Å². The number of primary amides is 1. The number of nitrogens with zero attached hydrogens (tertiary/aromatic N) is 1. The standard InChI is InChI=1S/C13H14BrN3OS/c1-17(6-10-4-8(14)7-19-10)12-3-2-9(15)5-11(12)13(16)18/h2-5,7H,6,15H2,1H3,(H2,16,18). The van der Waals surface area contributed by atoms with Gasteiger partial charge in [-0.2, -0.15) is 0 Å². The van der Waals surface area contributed by atoms with Gasteiger partial charge in [0.1, 0.15) is 0 Å². The molecular formula is C13H14BrN3OS. The predicted molar refractivity (Wildman–Crippen MR) is 83.5 cm³/mol. The van der Waals surface area contributed by atoms with E-state index in [1.807, 2.05) is 23.4 Å². The summed E-state index contributed by atoms with van der Waals surface area (Å²) in [5, 5.41) is 2.03. The number of amides is 1. The van der Waals surface area contributed by atoms with Crippen LogP contribution in [0.5, 0.6) is 0 Å². The van der Waals surface area contributed by atoms with Gasteiger partial charge in [0, 0.05) is 33.2 Å². The van der Waals surface area contributed by atoms with Crippen LogP contribution in [0, 0.1) is 0 Å². The molecule has 0 saturated heterocycles. The lowest BCUT2D eigenvalue weighted by Gasteiger charge is -2.21. The first-order chi connectivity index (χ1) is 8.97. The average molecular weight is 340 g/mol. The number of nitrogen functional groups attached to an aromatic ring is 1. The zero-order chi connectivity index (χ0) is 14.0. The van der Waals surface area contributed by atoms with Gasteiger partial charge in [0.25, 0.3) is 5.91 Å². The minimum atomic E-state index is -0.471. The number of carbonyl (C=O) groups excluding carboxylic acids is 1. The van der Waals surface area contributed by atoms with Crippen LogP contribution in [0.25, 0.3) is 0 Å². The Morgan fingerprint density at radius 1 is 1.42 bits per heavy atom. The van der Waals surface area contributed by atoms with Gasteiger partial charge in [-0.1, -0.05) is 0 Å². The molecule has 0 fully saturated rings. The fourth-order valence-corrected chi connectivity index (χ4v) is 3.34. The summed E-state index contributed by atoms with van der Waals surface area (Å²) >= 11 is 5.09. The Labute approximate surface area is 124 Å². The van der Waals surface area contributed by atoms with Crippen LogP contribution in [0.4, 0.5) is 11.4 Å². The number of rotatable bonds is 4. The van der Waals surface area contributed by atoms with E-state index in [1.165, 1.54) is 4.88 Å². The molecule has 19 heavy (non-hydrogen) atoms. The Kier molecular flexibility index (Phi) is 4.11. The minimum Gasteiger partial charge on any atom is -0.399 e. The van der Waals surface area contributed by atoms with Crippen LogP contribution >= 0.6 is 27.3 Å². The Bertz CT molecular complexity index is 612. The molecule has 0 unspecified atom stereocenters. The second-order valence-corrected chi connectivity index (χ2v) is 6.14. The van der Waals surface area contributed by atoms with E-state index in [2.05, 4.69) is 22.0 Å². The van der Waals surface area contributed by atoms with Crippen LogP contribution < -0.4 is 16.4 Å². The molecule has 0 bridgehead atoms. The molecule has 1 aromatic carbocycles. The number of anilines is 2. The van der Waals surface area contributed by atoms with Crippen LogP contribution in [-0.2, 0) is 6.54 Å². The van der Waals surface area contributed by atoms with Gasteiger partial charge in [0.05, 0.1) is 12.1 Å². The van der Waals surface area contributed by atoms with Crippen LogP contribution in [0.3, 0.4) is 0 Å². The number of benzene rings is 1. The number of halogens is 1. The van der Waals surface area contributed by atoms with Crippen LogP contribution in [0.2, 0.25) is 0 Å². The highest BCUT2D eigenvalue weighted by molar-refractivity contribution is 9.10. The lowest BCUT2D eigenvalue weighted by Crippen LogP contribution is -2.21. The molecule has 2 aromatic rings. The second-order valence-electron chi connectivity index (χ2n) is 4.23. The number of hydrogen-bond acceptors (Lipinski definition) is 4. The van der Waals surface area contributed by atoms with E-state index in [0.717, 1.165) is 10.2 Å². The van der Waals surface area contributed by atoms with Crippen molar-refractivity contribution in [3.05, 3.63) is 44.6 Å². The molecule has 1 heterocycles. The minimum absolute atomic E-state index is 0.443. The molecule has 1 aromatic heterocycles. The van der Waals surface area contributed by atoms with Crippen molar-refractivity contribution in [2.45, 2.75) is 6.54 Å². The third-order valence-electron chi connectivity index (χ3n) is 2.71. The number of thiophene rings is 1. The molecule has 100 valence electrons. The van der Waals surface area contributed by atoms with Gasteiger partial charge in [-0.15, -0.1) is 11.3 Å². The van der Waals surface area contributed by atoms with E-state index in [4.69, 9.17) is 11.5 Å². The zero-order valence-corrected chi connectivity index (χ0v) is 12.8. The van der Waals surface area contributed by atoms with Crippen LogP contribution in [0.1, 0.15) is 15.2 Å². The summed E-state index contributed by atoms with van der Waals surface area (Å²) in [4.78, 5) is 14.6. The van der Waals surface area contributed by atoms with Gasteiger partial charge in [-0.3, -0.25) is 4.79 Å². The van der Waals surface area contributed by atoms with Gasteiger partial charge in [0.15, 0.2) is 0 Å². The summed E-state index contributed by atoms with van der Waals surface area (Å²) in [5.74, 6) is -0.471. The van der Waals surface area contributed by atoms with Gasteiger partial charge in [0.2, 0.25) is 0 Å². The van der Waals surface area contributed by atoms with Crippen molar-refractivity contribution >= 4 is 44.5 Å². The monoisotopic (exact) mass is 339 g/mol. The fraction of sp³-hybridized carbons (Fsp3) is 0.154. The van der Waals surface area contributed by atoms with Gasteiger partial charge >= 0.3 is 0 Å². The summed E-state index contributed by atoms with van der Waals surface area (Å²) in [7, 11) is 1.92. The summed E-state index contributed by atoms with van der Waals surface area (Å²) in [6.45, 7) is 0.709. The largest absolute Gasteiger partial charge is 0.399 e. The molecule has 4 nitrogen and oxygen atoms in total. The highest BCUT2D eigenvalue weighted by atomic mass is 79.9. The quantitative estimate of drug-likeness (QED) is 0.841. The Balaban J connectivity index is 2.28. The molecule has 0 spiro atoms. The Hall–Kier alpha value is -1.53. The third kappa shape index (κ3) is 3.27. The highest BCUT2D eigenvalue weighted by Crippen LogP contribution is 2.26. The highest BCUT2D eigenvalue weighted by Gasteiger charge is 2.13. The zero-order valence-electron chi connectivity index (χ0n) is 10.4. The van der Waals surface area contributed by atoms with E-state index in [9.17, 15) is 4.79 Å². The molecule has 4 N–H and O–H groups in total. The van der Waals surface area contributed by atoms with Crippen molar-refractivity contribution in [2.24, 2.45) is 5.73 Å². The molecule has 0 aliphatic heterocycles. The molecule has 0 radical (unpaired) electrons. The average Bonchev–Trinajstić information content (AvgIpc) is 2.74. The van der Waals surface area contributed by atoms with Gasteiger partial charge < -0.3 is 16.4 Å². The molecule has 0 saturated carbocycles. The number of nitrogens with two attached hydrogens (primary N) is 2. The normalized spacial score (nSPS) is 10.4. The molecule has 0 atom stereocenters. The first kappa shape index (κ1) is 13.9. The molecule has 0 aliphatic rings. The van der Waals surface area contributed by atoms with E-state index in [-0.39, 0.29) is 0 Å². The predicted octanol–water partition coefficient (Wildman–Crippen LogP) is 2.83. The molecule has 1 amide bonds. The van der Waals surface area contributed by atoms with Crippen molar-refractivity contribution < 1.29 is 4.79 Å². The molecule has 0 aliphatic carbocycles. The Morgan fingerprint density at radius 3 is 2.74 bits per heavy atom. The lowest BCUT2D eigenvalue weighted by atomic mass is 10.1. The summed E-state index contributed by atoms with van der Waals surface area (Å²) in [5.41, 5.74) is 12.8. The molecule has 2 rings (SSSR count). The first-order valence-corrected chi connectivity index (χ1v) is 7.28. The third-order valence-corrected chi connectivity index (χ3v) is 4.39. The van der Waals surface area contributed by atoms with E-state index < -0.39 is 5.91 Å². The summed E-state index contributed by atoms with van der Waals surface area (Å²) < 4.78 is 1.06. The summed E-state index contributed by atoms with van der Waals surface area (Å²) in [6, 6.07) is 7.25. The second kappa shape index (κ2) is 5.63. The maximum absolute atomic E-state index is 11.5. The van der Waals surface area contributed by atoms with Gasteiger partial charge in [-0.25, -0.2) is 0 Å². The number of hydrogen-bond donors (Lipinski definition) is 2. The SMILES string of the molecule is CN(Cc1cc(Br)cs1)c1ccc(N)cc1C(N)=O. The molecule has 6 heteroatoms. The van der Waals surface area contributed by atoms with Crippen molar-refractivity contribution in [1.29, 1.82) is 0 Å². The summed E-state index contributed by atoms with van der Waals surface area (Å²) in [6.07, 6.45) is 0. The van der Waals surface area contributed by atoms with Crippen molar-refractivity contribution in [3.63, 3.8) is 0 Å². The topological polar surface area (TPSA) is 72.3 Å². The lowest BCUT2D eigenvalue weighted by molar-refractivity contribution is 0.100. The maximum Gasteiger partial charge on any atom is 0.250 e. The van der Waals surface area contributed by atoms with E-state index >= 15 is 0 Å². The van der Waals surface area contributed by atoms with E-state index in [0.29, 0.717) is 17.8 Å². The number of carbonyl (C=O) groups is 1. The van der Waals surface area contributed by atoms with E-state index in [1.54, 1.807) is 23.5 Å². The Morgan fingerprint density at radius 2 is 2.16 bits per heavy atom. The molecular weight excluding hydrogens is 326 g/mol.